The SMILES string of the molecule is CNC(C(=O)O)C(N)C(=O)O. The van der Waals surface area contributed by atoms with Crippen molar-refractivity contribution in [1.29, 1.82) is 0 Å². The molecular formula is C5H10N2O4. The molecule has 0 aliphatic carbocycles. The van der Waals surface area contributed by atoms with Gasteiger partial charge in [-0.25, -0.2) is 0 Å². The smallest absolute Gasteiger partial charge is 0.322 e. The number of likely N-dealkylation sites (N-methyl/N-ethyl adjacent to an activating group) is 1. The minimum absolute atomic E-state index is 1.24. The largest absolute Gasteiger partial charge is 0.480 e. The number of carboxylic acids is 2. The molecular weight excluding hydrogens is 152 g/mol. The maximum absolute atomic E-state index is 10.3. The van der Waals surface area contributed by atoms with Crippen LogP contribution in [0.2, 0.25) is 0 Å². The van der Waals surface area contributed by atoms with Crippen LogP contribution in [0.15, 0.2) is 0 Å². The summed E-state index contributed by atoms with van der Waals surface area (Å²) in [6.45, 7) is 0. The van der Waals surface area contributed by atoms with Crippen LogP contribution in [0.3, 0.4) is 0 Å². The van der Waals surface area contributed by atoms with Gasteiger partial charge in [0.1, 0.15) is 12.1 Å². The Morgan fingerprint density at radius 1 is 1.36 bits per heavy atom. The second kappa shape index (κ2) is 3.89. The van der Waals surface area contributed by atoms with Gasteiger partial charge >= 0.3 is 11.9 Å². The van der Waals surface area contributed by atoms with E-state index in [1.807, 2.05) is 0 Å². The Labute approximate surface area is 63.0 Å². The molecule has 6 heteroatoms. The summed E-state index contributed by atoms with van der Waals surface area (Å²) in [5, 5.41) is 19.0. The topological polar surface area (TPSA) is 113 Å². The molecule has 11 heavy (non-hydrogen) atoms. The monoisotopic (exact) mass is 162 g/mol. The summed E-state index contributed by atoms with van der Waals surface area (Å²) in [4.78, 5) is 20.4. The first-order valence-electron chi connectivity index (χ1n) is 2.89. The van der Waals surface area contributed by atoms with Crippen molar-refractivity contribution < 1.29 is 19.8 Å². The molecule has 5 N–H and O–H groups in total. The molecule has 0 amide bonds. The fraction of sp³-hybridized carbons (Fsp3) is 0.600. The molecule has 0 bridgehead atoms. The number of aliphatic carboxylic acids is 2. The lowest BCUT2D eigenvalue weighted by Gasteiger charge is -2.14. The summed E-state index contributed by atoms with van der Waals surface area (Å²) in [6.07, 6.45) is 0. The second-order valence-electron chi connectivity index (χ2n) is 1.97. The van der Waals surface area contributed by atoms with E-state index in [2.05, 4.69) is 5.32 Å². The van der Waals surface area contributed by atoms with Crippen molar-refractivity contribution in [2.75, 3.05) is 7.05 Å². The Balaban J connectivity index is 4.25. The van der Waals surface area contributed by atoms with Gasteiger partial charge in [-0.3, -0.25) is 9.59 Å². The Morgan fingerprint density at radius 3 is 1.91 bits per heavy atom. The van der Waals surface area contributed by atoms with Crippen LogP contribution in [-0.4, -0.2) is 41.3 Å². The summed E-state index contributed by atoms with van der Waals surface area (Å²) >= 11 is 0. The van der Waals surface area contributed by atoms with Gasteiger partial charge in [0.25, 0.3) is 0 Å². The summed E-state index contributed by atoms with van der Waals surface area (Å²) < 4.78 is 0. The summed E-state index contributed by atoms with van der Waals surface area (Å²) in [6, 6.07) is -2.66. The zero-order chi connectivity index (χ0) is 9.02. The third-order valence-corrected chi connectivity index (χ3v) is 1.22. The van der Waals surface area contributed by atoms with Crippen LogP contribution in [0, 0.1) is 0 Å². The van der Waals surface area contributed by atoms with Crippen molar-refractivity contribution in [1.82, 2.24) is 5.32 Å². The third-order valence-electron chi connectivity index (χ3n) is 1.22. The lowest BCUT2D eigenvalue weighted by atomic mass is 10.1. The van der Waals surface area contributed by atoms with Crippen LogP contribution in [0.1, 0.15) is 0 Å². The van der Waals surface area contributed by atoms with Gasteiger partial charge in [-0.05, 0) is 7.05 Å². The molecule has 0 saturated carbocycles. The molecule has 0 spiro atoms. The third kappa shape index (κ3) is 2.52. The van der Waals surface area contributed by atoms with E-state index in [-0.39, 0.29) is 0 Å². The van der Waals surface area contributed by atoms with Crippen LogP contribution in [0.4, 0.5) is 0 Å². The quantitative estimate of drug-likeness (QED) is 0.383. The zero-order valence-corrected chi connectivity index (χ0v) is 5.94. The van der Waals surface area contributed by atoms with E-state index in [4.69, 9.17) is 15.9 Å². The lowest BCUT2D eigenvalue weighted by molar-refractivity contribution is -0.147. The zero-order valence-electron chi connectivity index (χ0n) is 5.94. The predicted molar refractivity (Wildman–Crippen MR) is 36.1 cm³/mol. The highest BCUT2D eigenvalue weighted by molar-refractivity contribution is 5.84. The molecule has 0 rings (SSSR count). The van der Waals surface area contributed by atoms with Gasteiger partial charge < -0.3 is 21.3 Å². The Kier molecular flexibility index (Phi) is 3.49. The number of hydrogen-bond donors (Lipinski definition) is 4. The van der Waals surface area contributed by atoms with E-state index in [0.29, 0.717) is 0 Å². The summed E-state index contributed by atoms with van der Waals surface area (Å²) in [5.41, 5.74) is 5.03. The molecule has 0 aliphatic rings. The van der Waals surface area contributed by atoms with Crippen molar-refractivity contribution in [2.24, 2.45) is 5.73 Å². The van der Waals surface area contributed by atoms with Crippen LogP contribution in [-0.2, 0) is 9.59 Å². The standard InChI is InChI=1S/C5H10N2O4/c1-7-3(5(10)11)2(6)4(8)9/h2-3,7H,6H2,1H3,(H,8,9)(H,10,11). The van der Waals surface area contributed by atoms with Gasteiger partial charge in [0.2, 0.25) is 0 Å². The van der Waals surface area contributed by atoms with Gasteiger partial charge in [-0.1, -0.05) is 0 Å². The lowest BCUT2D eigenvalue weighted by Crippen LogP contribution is -2.53. The Morgan fingerprint density at radius 2 is 1.82 bits per heavy atom. The molecule has 0 aromatic heterocycles. The number of hydrogen-bond acceptors (Lipinski definition) is 4. The van der Waals surface area contributed by atoms with E-state index in [1.54, 1.807) is 0 Å². The van der Waals surface area contributed by atoms with Crippen molar-refractivity contribution >= 4 is 11.9 Å². The molecule has 0 radical (unpaired) electrons. The first-order chi connectivity index (χ1) is 5.00. The number of nitrogens with two attached hydrogens (primary N) is 1. The fourth-order valence-corrected chi connectivity index (χ4v) is 0.599. The van der Waals surface area contributed by atoms with Crippen molar-refractivity contribution in [3.8, 4) is 0 Å². The second-order valence-corrected chi connectivity index (χ2v) is 1.97. The number of nitrogens with one attached hydrogen (secondary N) is 1. The highest BCUT2D eigenvalue weighted by atomic mass is 16.4. The highest BCUT2D eigenvalue weighted by Crippen LogP contribution is 1.89. The fourth-order valence-electron chi connectivity index (χ4n) is 0.599. The van der Waals surface area contributed by atoms with Gasteiger partial charge in [-0.15, -0.1) is 0 Å². The van der Waals surface area contributed by atoms with Crippen LogP contribution >= 0.6 is 0 Å². The van der Waals surface area contributed by atoms with E-state index in [1.165, 1.54) is 7.05 Å². The minimum atomic E-state index is -1.42. The van der Waals surface area contributed by atoms with Gasteiger partial charge in [0, 0.05) is 0 Å². The molecule has 64 valence electrons. The van der Waals surface area contributed by atoms with E-state index in [9.17, 15) is 9.59 Å². The molecule has 2 unspecified atom stereocenters. The molecule has 0 aromatic carbocycles. The van der Waals surface area contributed by atoms with Crippen molar-refractivity contribution in [3.05, 3.63) is 0 Å². The van der Waals surface area contributed by atoms with Crippen LogP contribution in [0.5, 0.6) is 0 Å². The minimum Gasteiger partial charge on any atom is -0.480 e. The summed E-state index contributed by atoms with van der Waals surface area (Å²) in [7, 11) is 1.33. The molecule has 0 aliphatic heterocycles. The highest BCUT2D eigenvalue weighted by Gasteiger charge is 2.28. The number of rotatable bonds is 4. The molecule has 0 saturated heterocycles. The van der Waals surface area contributed by atoms with Gasteiger partial charge in [0.05, 0.1) is 0 Å². The normalized spacial score (nSPS) is 15.5. The average Bonchev–Trinajstić information content (AvgIpc) is 1.88. The first-order valence-corrected chi connectivity index (χ1v) is 2.89. The van der Waals surface area contributed by atoms with E-state index < -0.39 is 24.0 Å². The van der Waals surface area contributed by atoms with E-state index >= 15 is 0 Å². The molecule has 0 aromatic rings. The molecule has 6 nitrogen and oxygen atoms in total. The van der Waals surface area contributed by atoms with Crippen molar-refractivity contribution in [3.63, 3.8) is 0 Å². The Hall–Kier alpha value is -1.14. The Bertz CT molecular complexity index is 170. The van der Waals surface area contributed by atoms with Crippen LogP contribution < -0.4 is 11.1 Å². The average molecular weight is 162 g/mol. The maximum atomic E-state index is 10.3. The number of carbonyl (C=O) groups is 2. The number of carboxylic acid groups (broad SMARTS) is 2. The van der Waals surface area contributed by atoms with Crippen LogP contribution in [0.25, 0.3) is 0 Å². The molecule has 2 atom stereocenters. The van der Waals surface area contributed by atoms with Crippen molar-refractivity contribution in [2.45, 2.75) is 12.1 Å². The van der Waals surface area contributed by atoms with E-state index in [0.717, 1.165) is 0 Å². The molecule has 0 fully saturated rings. The predicted octanol–water partition coefficient (Wildman–Crippen LogP) is -1.93. The molecule has 0 heterocycles. The summed E-state index contributed by atoms with van der Waals surface area (Å²) in [5.74, 6) is -2.62. The van der Waals surface area contributed by atoms with Gasteiger partial charge in [-0.2, -0.15) is 0 Å². The van der Waals surface area contributed by atoms with Gasteiger partial charge in [0.15, 0.2) is 0 Å². The maximum Gasteiger partial charge on any atom is 0.322 e. The first kappa shape index (κ1) is 9.86.